The van der Waals surface area contributed by atoms with Crippen molar-refractivity contribution in [3.63, 3.8) is 0 Å². The Morgan fingerprint density at radius 2 is 1.70 bits per heavy atom. The van der Waals surface area contributed by atoms with E-state index in [1.165, 1.54) is 78.9 Å². The van der Waals surface area contributed by atoms with Crippen LogP contribution in [0.4, 0.5) is 10.1 Å². The molecule has 152 valence electrons. The standard InChI is InChI=1S/C22H15ClFNO5/c23-16-6-12-21(30-22(27)15-4-9-18(10-5-15)25(28)29)19(13-16)20(26)11-3-14-1-7-17(24)8-2-14/h1-13,25,28H. The summed E-state index contributed by atoms with van der Waals surface area (Å²) in [6.45, 7) is 0. The van der Waals surface area contributed by atoms with Crippen molar-refractivity contribution in [1.29, 1.82) is 0 Å². The Morgan fingerprint density at radius 3 is 2.33 bits per heavy atom. The monoisotopic (exact) mass is 427 g/mol. The predicted octanol–water partition coefficient (Wildman–Crippen LogP) is 4.00. The summed E-state index contributed by atoms with van der Waals surface area (Å²) in [7, 11) is 0. The molecule has 0 spiro atoms. The summed E-state index contributed by atoms with van der Waals surface area (Å²) in [4.78, 5) is 25.0. The van der Waals surface area contributed by atoms with Gasteiger partial charge in [-0.3, -0.25) is 4.79 Å². The van der Waals surface area contributed by atoms with Crippen LogP contribution in [0.3, 0.4) is 0 Å². The third-order valence-electron chi connectivity index (χ3n) is 4.07. The maximum atomic E-state index is 13.0. The second-order valence-corrected chi connectivity index (χ2v) is 6.60. The molecule has 3 rings (SSSR count). The molecule has 30 heavy (non-hydrogen) atoms. The molecule has 0 heterocycles. The topological polar surface area (TPSA) is 91.1 Å². The van der Waals surface area contributed by atoms with Crippen LogP contribution in [0.25, 0.3) is 6.08 Å². The second kappa shape index (κ2) is 9.43. The van der Waals surface area contributed by atoms with Gasteiger partial charge in [0.1, 0.15) is 11.6 Å². The SMILES string of the molecule is O=C(Oc1ccc(Cl)cc1C(=O)C=Cc1ccc(F)cc1)c1ccc([NH+]([O-])O)cc1. The van der Waals surface area contributed by atoms with Gasteiger partial charge in [0, 0.05) is 17.2 Å². The first-order valence-electron chi connectivity index (χ1n) is 8.66. The van der Waals surface area contributed by atoms with E-state index >= 15 is 0 Å². The summed E-state index contributed by atoms with van der Waals surface area (Å²) >= 11 is 5.98. The smallest absolute Gasteiger partial charge is 0.343 e. The lowest BCUT2D eigenvalue weighted by molar-refractivity contribution is -0.991. The number of hydrogen-bond donors (Lipinski definition) is 2. The molecular weight excluding hydrogens is 413 g/mol. The van der Waals surface area contributed by atoms with Crippen molar-refractivity contribution in [2.45, 2.75) is 0 Å². The van der Waals surface area contributed by atoms with Gasteiger partial charge in [-0.05, 0) is 54.1 Å². The molecular formula is C22H15ClFNO5. The van der Waals surface area contributed by atoms with Crippen molar-refractivity contribution in [1.82, 2.24) is 0 Å². The zero-order chi connectivity index (χ0) is 21.7. The van der Waals surface area contributed by atoms with Crippen LogP contribution in [-0.4, -0.2) is 17.0 Å². The van der Waals surface area contributed by atoms with E-state index in [1.807, 2.05) is 0 Å². The van der Waals surface area contributed by atoms with Gasteiger partial charge in [-0.25, -0.2) is 14.4 Å². The molecule has 8 heteroatoms. The van der Waals surface area contributed by atoms with Crippen LogP contribution < -0.4 is 9.96 Å². The number of carbonyl (C=O) groups is 2. The van der Waals surface area contributed by atoms with Crippen LogP contribution in [0.2, 0.25) is 5.02 Å². The maximum Gasteiger partial charge on any atom is 0.343 e. The summed E-state index contributed by atoms with van der Waals surface area (Å²) in [6, 6.07) is 15.0. The minimum atomic E-state index is -1.12. The highest BCUT2D eigenvalue weighted by Gasteiger charge is 2.16. The minimum absolute atomic E-state index is 0.000433. The lowest BCUT2D eigenvalue weighted by Crippen LogP contribution is -2.99. The van der Waals surface area contributed by atoms with Gasteiger partial charge in [-0.1, -0.05) is 29.8 Å². The van der Waals surface area contributed by atoms with Gasteiger partial charge in [0.05, 0.1) is 11.1 Å². The molecule has 0 amide bonds. The van der Waals surface area contributed by atoms with Crippen molar-refractivity contribution >= 4 is 35.1 Å². The van der Waals surface area contributed by atoms with Crippen LogP contribution in [0.15, 0.2) is 72.8 Å². The number of allylic oxidation sites excluding steroid dienone is 1. The first kappa shape index (κ1) is 21.4. The number of ether oxygens (including phenoxy) is 1. The Bertz CT molecular complexity index is 1100. The molecule has 0 saturated carbocycles. The summed E-state index contributed by atoms with van der Waals surface area (Å²) in [5.41, 5.74) is 0.829. The molecule has 0 saturated heterocycles. The van der Waals surface area contributed by atoms with Crippen LogP contribution in [0, 0.1) is 11.0 Å². The minimum Gasteiger partial charge on any atom is -0.595 e. The van der Waals surface area contributed by atoms with E-state index in [0.717, 1.165) is 0 Å². The molecule has 1 unspecified atom stereocenters. The molecule has 0 aromatic heterocycles. The lowest BCUT2D eigenvalue weighted by Gasteiger charge is -2.12. The Hall–Kier alpha value is -3.36. The molecule has 0 bridgehead atoms. The molecule has 0 fully saturated rings. The molecule has 3 aromatic carbocycles. The van der Waals surface area contributed by atoms with Crippen LogP contribution in [0.5, 0.6) is 5.75 Å². The summed E-state index contributed by atoms with van der Waals surface area (Å²) in [6.07, 6.45) is 2.76. The van der Waals surface area contributed by atoms with Gasteiger partial charge >= 0.3 is 5.97 Å². The zero-order valence-corrected chi connectivity index (χ0v) is 16.1. The quantitative estimate of drug-likeness (QED) is 0.204. The Labute approximate surface area is 175 Å². The molecule has 6 nitrogen and oxygen atoms in total. The lowest BCUT2D eigenvalue weighted by atomic mass is 10.1. The highest BCUT2D eigenvalue weighted by atomic mass is 35.5. The van der Waals surface area contributed by atoms with Gasteiger partial charge in [-0.15, -0.1) is 0 Å². The van der Waals surface area contributed by atoms with Gasteiger partial charge in [0.2, 0.25) is 0 Å². The average Bonchev–Trinajstić information content (AvgIpc) is 2.74. The number of rotatable bonds is 6. The van der Waals surface area contributed by atoms with Crippen molar-refractivity contribution in [3.8, 4) is 5.75 Å². The van der Waals surface area contributed by atoms with E-state index in [4.69, 9.17) is 21.5 Å². The van der Waals surface area contributed by atoms with Gasteiger partial charge in [0.15, 0.2) is 11.5 Å². The Kier molecular flexibility index (Phi) is 6.71. The van der Waals surface area contributed by atoms with Crippen molar-refractivity contribution in [2.24, 2.45) is 0 Å². The summed E-state index contributed by atoms with van der Waals surface area (Å²) in [5, 5.41) is 19.0. The summed E-state index contributed by atoms with van der Waals surface area (Å²) < 4.78 is 18.3. The van der Waals surface area contributed by atoms with Gasteiger partial charge in [-0.2, -0.15) is 5.23 Å². The Morgan fingerprint density at radius 1 is 1.03 bits per heavy atom. The third kappa shape index (κ3) is 5.37. The van der Waals surface area contributed by atoms with E-state index in [9.17, 15) is 19.2 Å². The fourth-order valence-corrected chi connectivity index (χ4v) is 2.70. The number of esters is 1. The maximum absolute atomic E-state index is 13.0. The number of benzene rings is 3. The van der Waals surface area contributed by atoms with Crippen molar-refractivity contribution in [3.05, 3.63) is 106 Å². The van der Waals surface area contributed by atoms with Gasteiger partial charge < -0.3 is 9.94 Å². The number of halogens is 2. The van der Waals surface area contributed by atoms with Gasteiger partial charge in [0.25, 0.3) is 0 Å². The highest BCUT2D eigenvalue weighted by molar-refractivity contribution is 6.31. The largest absolute Gasteiger partial charge is 0.595 e. The summed E-state index contributed by atoms with van der Waals surface area (Å²) in [5.74, 6) is -1.61. The normalized spacial score (nSPS) is 12.0. The number of ketones is 1. The van der Waals surface area contributed by atoms with E-state index < -0.39 is 17.0 Å². The number of hydrogen-bond acceptors (Lipinski definition) is 5. The van der Waals surface area contributed by atoms with Crippen LogP contribution in [-0.2, 0) is 0 Å². The fraction of sp³-hybridized carbons (Fsp3) is 0. The molecule has 0 aliphatic carbocycles. The third-order valence-corrected chi connectivity index (χ3v) is 4.31. The molecule has 0 aliphatic heterocycles. The molecule has 0 aliphatic rings. The van der Waals surface area contributed by atoms with Crippen LogP contribution >= 0.6 is 11.6 Å². The number of carbonyl (C=O) groups excluding carboxylic acids is 2. The molecule has 1 atom stereocenters. The average molecular weight is 428 g/mol. The Balaban J connectivity index is 1.81. The zero-order valence-electron chi connectivity index (χ0n) is 15.3. The van der Waals surface area contributed by atoms with Crippen molar-refractivity contribution < 1.29 is 29.2 Å². The number of quaternary nitrogens is 1. The highest BCUT2D eigenvalue weighted by Crippen LogP contribution is 2.25. The van der Waals surface area contributed by atoms with E-state index in [1.54, 1.807) is 0 Å². The van der Waals surface area contributed by atoms with Crippen LogP contribution in [0.1, 0.15) is 26.3 Å². The first-order chi connectivity index (χ1) is 14.3. The van der Waals surface area contributed by atoms with E-state index in [0.29, 0.717) is 5.56 Å². The second-order valence-electron chi connectivity index (χ2n) is 6.16. The van der Waals surface area contributed by atoms with Crippen molar-refractivity contribution in [2.75, 3.05) is 0 Å². The molecule has 0 radical (unpaired) electrons. The molecule has 3 aromatic rings. The predicted molar refractivity (Wildman–Crippen MR) is 108 cm³/mol. The fourth-order valence-electron chi connectivity index (χ4n) is 2.53. The van der Waals surface area contributed by atoms with E-state index in [-0.39, 0.29) is 33.4 Å². The van der Waals surface area contributed by atoms with E-state index in [2.05, 4.69) is 0 Å². The number of nitrogens with one attached hydrogen (secondary N) is 1. The molecule has 2 N–H and O–H groups in total. The first-order valence-corrected chi connectivity index (χ1v) is 9.04.